The van der Waals surface area contributed by atoms with E-state index in [1.54, 1.807) is 6.33 Å². The van der Waals surface area contributed by atoms with Gasteiger partial charge in [-0.15, -0.1) is 11.8 Å². The molecule has 2 aliphatic heterocycles. The Bertz CT molecular complexity index is 1500. The number of allylic oxidation sites excluding steroid dienone is 1. The molecule has 0 radical (unpaired) electrons. The second-order valence-corrected chi connectivity index (χ2v) is 12.2. The molecule has 2 N–H and O–H groups in total. The third kappa shape index (κ3) is 7.86. The van der Waals surface area contributed by atoms with Crippen molar-refractivity contribution in [3.63, 3.8) is 0 Å². The molecule has 6 rings (SSSR count). The molecule has 0 spiro atoms. The summed E-state index contributed by atoms with van der Waals surface area (Å²) in [5.41, 5.74) is 6.97. The van der Waals surface area contributed by atoms with Crippen molar-refractivity contribution < 1.29 is 0 Å². The van der Waals surface area contributed by atoms with E-state index in [9.17, 15) is 0 Å². The van der Waals surface area contributed by atoms with Crippen molar-refractivity contribution in [2.45, 2.75) is 64.7 Å². The van der Waals surface area contributed by atoms with Crippen molar-refractivity contribution in [3.05, 3.63) is 84.3 Å². The third-order valence-corrected chi connectivity index (χ3v) is 9.16. The van der Waals surface area contributed by atoms with Gasteiger partial charge in [0.25, 0.3) is 0 Å². The quantitative estimate of drug-likeness (QED) is 0.201. The summed E-state index contributed by atoms with van der Waals surface area (Å²) in [7, 11) is 0. The normalized spacial score (nSPS) is 17.6. The maximum Gasteiger partial charge on any atom is 0.143 e. The maximum absolute atomic E-state index is 4.63. The number of H-pyrrole nitrogens is 1. The van der Waals surface area contributed by atoms with Crippen LogP contribution in [0.25, 0.3) is 28.0 Å². The third-order valence-electron chi connectivity index (χ3n) is 7.96. The van der Waals surface area contributed by atoms with Crippen LogP contribution in [0.15, 0.2) is 73.1 Å². The van der Waals surface area contributed by atoms with Gasteiger partial charge in [0.2, 0.25) is 0 Å². The number of nitrogens with zero attached hydrogens (tertiary/aromatic N) is 5. The summed E-state index contributed by atoms with van der Waals surface area (Å²) in [5.74, 6) is 1.04. The van der Waals surface area contributed by atoms with Gasteiger partial charge in [0.15, 0.2) is 0 Å². The summed E-state index contributed by atoms with van der Waals surface area (Å²) in [6.45, 7) is 15.7. The predicted octanol–water partition coefficient (Wildman–Crippen LogP) is 8.35. The van der Waals surface area contributed by atoms with Crippen LogP contribution in [0, 0.1) is 0 Å². The number of thioether (sulfide) groups is 1. The van der Waals surface area contributed by atoms with E-state index < -0.39 is 0 Å². The molecule has 2 aliphatic rings. The Labute approximate surface area is 260 Å². The van der Waals surface area contributed by atoms with E-state index in [2.05, 4.69) is 103 Å². The average molecular weight is 596 g/mol. The first kappa shape index (κ1) is 30.8. The van der Waals surface area contributed by atoms with Gasteiger partial charge in [-0.2, -0.15) is 0 Å². The van der Waals surface area contributed by atoms with Crippen LogP contribution in [0.5, 0.6) is 0 Å². The molecule has 0 amide bonds. The summed E-state index contributed by atoms with van der Waals surface area (Å²) < 4.78 is 0. The highest BCUT2D eigenvalue weighted by Gasteiger charge is 2.20. The molecule has 0 bridgehead atoms. The van der Waals surface area contributed by atoms with E-state index in [4.69, 9.17) is 0 Å². The first-order valence-electron chi connectivity index (χ1n) is 15.8. The molecule has 8 heteroatoms. The first-order chi connectivity index (χ1) is 21.2. The van der Waals surface area contributed by atoms with Crippen molar-refractivity contribution in [3.8, 4) is 11.3 Å². The van der Waals surface area contributed by atoms with Gasteiger partial charge in [-0.1, -0.05) is 38.6 Å². The molecular formula is C35H45N7S. The number of pyridine rings is 1. The molecule has 7 nitrogen and oxygen atoms in total. The van der Waals surface area contributed by atoms with Crippen LogP contribution in [0.4, 0.5) is 11.5 Å². The van der Waals surface area contributed by atoms with Crippen LogP contribution in [0.2, 0.25) is 0 Å². The van der Waals surface area contributed by atoms with Crippen LogP contribution in [-0.2, 0) is 6.54 Å². The van der Waals surface area contributed by atoms with Crippen LogP contribution in [0.1, 0.15) is 64.1 Å². The molecule has 3 aromatic heterocycles. The number of hydrogen-bond donors (Lipinski definition) is 2. The Morgan fingerprint density at radius 1 is 1.02 bits per heavy atom. The number of fused-ring (bicyclic) bond motifs is 1. The van der Waals surface area contributed by atoms with Gasteiger partial charge in [0.1, 0.15) is 17.8 Å². The fourth-order valence-electron chi connectivity index (χ4n) is 5.86. The Balaban J connectivity index is 0.00000180. The molecule has 5 heterocycles. The van der Waals surface area contributed by atoms with Gasteiger partial charge in [-0.05, 0) is 92.4 Å². The second-order valence-electron chi connectivity index (χ2n) is 11.0. The van der Waals surface area contributed by atoms with E-state index in [1.165, 1.54) is 37.7 Å². The number of rotatable bonds is 9. The lowest BCUT2D eigenvalue weighted by Gasteiger charge is -2.31. The lowest BCUT2D eigenvalue weighted by molar-refractivity contribution is 0.226. The largest absolute Gasteiger partial charge is 0.356 e. The molecule has 1 aromatic carbocycles. The Morgan fingerprint density at radius 3 is 2.63 bits per heavy atom. The summed E-state index contributed by atoms with van der Waals surface area (Å²) in [5, 5.41) is 7.44. The number of piperidine rings is 2. The van der Waals surface area contributed by atoms with Gasteiger partial charge in [0, 0.05) is 49.0 Å². The number of likely N-dealkylation sites (tertiary alicyclic amines) is 1. The Kier molecular flexibility index (Phi) is 10.9. The molecule has 4 aromatic rings. The van der Waals surface area contributed by atoms with E-state index in [0.29, 0.717) is 5.25 Å². The lowest BCUT2D eigenvalue weighted by atomic mass is 10.1. The van der Waals surface area contributed by atoms with Gasteiger partial charge in [0.05, 0.1) is 16.8 Å². The fraction of sp³-hybridized carbons (Fsp3) is 0.400. The molecule has 0 aliphatic carbocycles. The molecule has 2 saturated heterocycles. The second kappa shape index (κ2) is 15.2. The van der Waals surface area contributed by atoms with E-state index in [-0.39, 0.29) is 0 Å². The summed E-state index contributed by atoms with van der Waals surface area (Å²) in [6, 6.07) is 14.9. The van der Waals surface area contributed by atoms with Crippen LogP contribution in [0.3, 0.4) is 0 Å². The Hall–Kier alpha value is -3.62. The molecule has 226 valence electrons. The molecular weight excluding hydrogens is 551 g/mol. The minimum Gasteiger partial charge on any atom is -0.356 e. The van der Waals surface area contributed by atoms with E-state index in [1.807, 2.05) is 31.8 Å². The highest BCUT2D eigenvalue weighted by molar-refractivity contribution is 8.02. The zero-order valence-electron chi connectivity index (χ0n) is 25.9. The number of aromatic nitrogens is 4. The summed E-state index contributed by atoms with van der Waals surface area (Å²) in [4.78, 5) is 22.2. The smallest absolute Gasteiger partial charge is 0.143 e. The zero-order valence-corrected chi connectivity index (χ0v) is 26.7. The fourth-order valence-corrected chi connectivity index (χ4v) is 6.84. The van der Waals surface area contributed by atoms with Crippen molar-refractivity contribution in [2.24, 2.45) is 0 Å². The number of nitrogens with one attached hydrogen (secondary N) is 2. The highest BCUT2D eigenvalue weighted by atomic mass is 32.2. The molecule has 0 saturated carbocycles. The molecule has 43 heavy (non-hydrogen) atoms. The van der Waals surface area contributed by atoms with Crippen molar-refractivity contribution >= 4 is 40.0 Å². The summed E-state index contributed by atoms with van der Waals surface area (Å²) >= 11 is 1.96. The van der Waals surface area contributed by atoms with Crippen LogP contribution >= 0.6 is 11.8 Å². The SMILES string of the molecule is C=C(Nc1ccc(-c2cc3c(N4CCCCC4)ncnc3[nH]2)cc1)c1cc(CN2CCCC(S/C=C/C)C2)ccn1.CC. The van der Waals surface area contributed by atoms with Crippen LogP contribution in [-0.4, -0.2) is 56.3 Å². The number of hydrogen-bond acceptors (Lipinski definition) is 7. The van der Waals surface area contributed by atoms with Crippen molar-refractivity contribution in [1.29, 1.82) is 0 Å². The van der Waals surface area contributed by atoms with Gasteiger partial charge in [-0.3, -0.25) is 9.88 Å². The monoisotopic (exact) mass is 595 g/mol. The first-order valence-corrected chi connectivity index (χ1v) is 16.7. The van der Waals surface area contributed by atoms with E-state index >= 15 is 0 Å². The topological polar surface area (TPSA) is 73.0 Å². The standard InChI is InChI=1S/C33H39N7S.C2H6/c1-3-18-41-28-8-7-15-39(22-28)21-25-13-14-34-30(19-25)24(2)37-27-11-9-26(10-12-27)31-20-29-32(38-31)35-23-36-33(29)40-16-5-4-6-17-40;1-2/h3,9-14,18-20,23,28,37H,2,4-8,15-17,21-22H2,1H3,(H,35,36,38);1-2H3/b18-3+;. The molecule has 2 fully saturated rings. The molecule has 1 unspecified atom stereocenters. The van der Waals surface area contributed by atoms with E-state index in [0.717, 1.165) is 77.9 Å². The zero-order chi connectivity index (χ0) is 30.0. The van der Waals surface area contributed by atoms with Gasteiger partial charge in [-0.25, -0.2) is 9.97 Å². The average Bonchev–Trinajstić information content (AvgIpc) is 3.50. The maximum atomic E-state index is 4.63. The summed E-state index contributed by atoms with van der Waals surface area (Å²) in [6.07, 6.45) is 12.0. The Morgan fingerprint density at radius 2 is 1.84 bits per heavy atom. The minimum atomic E-state index is 0.676. The van der Waals surface area contributed by atoms with Gasteiger partial charge < -0.3 is 15.2 Å². The van der Waals surface area contributed by atoms with Gasteiger partial charge >= 0.3 is 0 Å². The van der Waals surface area contributed by atoms with Crippen molar-refractivity contribution in [1.82, 2.24) is 24.8 Å². The molecule has 1 atom stereocenters. The predicted molar refractivity (Wildman–Crippen MR) is 184 cm³/mol. The lowest BCUT2D eigenvalue weighted by Crippen LogP contribution is -2.36. The minimum absolute atomic E-state index is 0.676. The van der Waals surface area contributed by atoms with Crippen LogP contribution < -0.4 is 10.2 Å². The number of anilines is 2. The highest BCUT2D eigenvalue weighted by Crippen LogP contribution is 2.31. The number of aromatic amines is 1. The van der Waals surface area contributed by atoms with Crippen molar-refractivity contribution in [2.75, 3.05) is 36.4 Å². The number of benzene rings is 1.